The van der Waals surface area contributed by atoms with Crippen molar-refractivity contribution in [2.45, 2.75) is 20.3 Å². The topological polar surface area (TPSA) is 81.4 Å². The molecule has 0 saturated heterocycles. The molecule has 1 amide bonds. The van der Waals surface area contributed by atoms with Gasteiger partial charge in [0.2, 0.25) is 4.96 Å². The Kier molecular flexibility index (Phi) is 4.79. The monoisotopic (exact) mass is 393 g/mol. The van der Waals surface area contributed by atoms with Crippen molar-refractivity contribution in [2.75, 3.05) is 12.4 Å². The highest BCUT2D eigenvalue weighted by Gasteiger charge is 2.15. The highest BCUT2D eigenvalue weighted by molar-refractivity contribution is 7.19. The van der Waals surface area contributed by atoms with Crippen LogP contribution in [0.5, 0.6) is 5.75 Å². The third-order valence-corrected chi connectivity index (χ3v) is 5.41. The Morgan fingerprint density at radius 3 is 2.64 bits per heavy atom. The minimum Gasteiger partial charge on any atom is -0.495 e. The second kappa shape index (κ2) is 7.40. The zero-order valence-corrected chi connectivity index (χ0v) is 16.6. The lowest BCUT2D eigenvalue weighted by molar-refractivity contribution is 0.102. The van der Waals surface area contributed by atoms with Crippen LogP contribution >= 0.6 is 11.3 Å². The summed E-state index contributed by atoms with van der Waals surface area (Å²) in [4.78, 5) is 13.4. The molecule has 4 rings (SSSR count). The summed E-state index contributed by atoms with van der Waals surface area (Å²) in [5, 5.41) is 16.4. The van der Waals surface area contributed by atoms with Crippen LogP contribution in [-0.4, -0.2) is 32.8 Å². The van der Waals surface area contributed by atoms with E-state index in [1.165, 1.54) is 16.9 Å². The van der Waals surface area contributed by atoms with Gasteiger partial charge in [-0.3, -0.25) is 4.79 Å². The van der Waals surface area contributed by atoms with Crippen molar-refractivity contribution in [1.82, 2.24) is 19.8 Å². The average Bonchev–Trinajstić information content (AvgIpc) is 3.30. The van der Waals surface area contributed by atoms with Crippen molar-refractivity contribution in [3.05, 3.63) is 59.4 Å². The van der Waals surface area contributed by atoms with Gasteiger partial charge in [-0.1, -0.05) is 30.4 Å². The minimum atomic E-state index is -0.188. The molecule has 0 bridgehead atoms. The Hall–Kier alpha value is -3.26. The van der Waals surface area contributed by atoms with E-state index in [1.54, 1.807) is 11.6 Å². The smallest absolute Gasteiger partial charge is 0.255 e. The molecular formula is C20H19N5O2S. The number of methoxy groups -OCH3 is 1. The molecule has 2 aromatic carbocycles. The van der Waals surface area contributed by atoms with Gasteiger partial charge in [0.25, 0.3) is 5.91 Å². The number of nitrogens with zero attached hydrogens (tertiary/aromatic N) is 4. The number of hydrogen-bond donors (Lipinski definition) is 1. The highest BCUT2D eigenvalue weighted by atomic mass is 32.1. The van der Waals surface area contributed by atoms with Crippen molar-refractivity contribution >= 4 is 27.9 Å². The van der Waals surface area contributed by atoms with Crippen LogP contribution in [0.3, 0.4) is 0 Å². The molecule has 28 heavy (non-hydrogen) atoms. The number of anilines is 1. The third-order valence-electron chi connectivity index (χ3n) is 4.47. The normalized spacial score (nSPS) is 11.0. The third kappa shape index (κ3) is 3.34. The van der Waals surface area contributed by atoms with Crippen molar-refractivity contribution in [2.24, 2.45) is 0 Å². The lowest BCUT2D eigenvalue weighted by atomic mass is 10.1. The molecule has 0 atom stereocenters. The molecule has 0 aliphatic carbocycles. The zero-order chi connectivity index (χ0) is 19.7. The Morgan fingerprint density at radius 2 is 1.96 bits per heavy atom. The molecule has 1 N–H and O–H groups in total. The van der Waals surface area contributed by atoms with Crippen LogP contribution < -0.4 is 10.1 Å². The summed E-state index contributed by atoms with van der Waals surface area (Å²) in [6.45, 7) is 3.94. The number of aryl methyl sites for hydroxylation is 2. The number of amides is 1. The van der Waals surface area contributed by atoms with E-state index < -0.39 is 0 Å². The summed E-state index contributed by atoms with van der Waals surface area (Å²) in [6, 6.07) is 13.2. The SMILES string of the molecule is CCc1ccc(C(=O)Nc2cc(-c3nn4c(C)nnc4s3)ccc2OC)cc1. The van der Waals surface area contributed by atoms with E-state index in [1.807, 2.05) is 49.4 Å². The number of hydrogen-bond acceptors (Lipinski definition) is 6. The van der Waals surface area contributed by atoms with Crippen LogP contribution in [0.4, 0.5) is 5.69 Å². The molecule has 0 aliphatic heterocycles. The van der Waals surface area contributed by atoms with Gasteiger partial charge >= 0.3 is 0 Å². The molecule has 0 spiro atoms. The van der Waals surface area contributed by atoms with Gasteiger partial charge in [-0.2, -0.15) is 9.61 Å². The van der Waals surface area contributed by atoms with E-state index in [4.69, 9.17) is 4.74 Å². The van der Waals surface area contributed by atoms with E-state index in [9.17, 15) is 4.79 Å². The number of ether oxygens (including phenoxy) is 1. The Balaban J connectivity index is 1.65. The molecule has 0 saturated carbocycles. The number of rotatable bonds is 5. The van der Waals surface area contributed by atoms with E-state index >= 15 is 0 Å². The lowest BCUT2D eigenvalue weighted by Gasteiger charge is -2.11. The van der Waals surface area contributed by atoms with Gasteiger partial charge in [-0.25, -0.2) is 0 Å². The summed E-state index contributed by atoms with van der Waals surface area (Å²) < 4.78 is 7.12. The Labute approximate surface area is 166 Å². The van der Waals surface area contributed by atoms with Gasteiger partial charge < -0.3 is 10.1 Å². The highest BCUT2D eigenvalue weighted by Crippen LogP contribution is 2.33. The number of carbonyl (C=O) groups is 1. The summed E-state index contributed by atoms with van der Waals surface area (Å²) in [6.07, 6.45) is 0.935. The summed E-state index contributed by atoms with van der Waals surface area (Å²) >= 11 is 1.44. The number of fused-ring (bicyclic) bond motifs is 1. The molecule has 0 unspecified atom stereocenters. The first-order chi connectivity index (χ1) is 13.6. The largest absolute Gasteiger partial charge is 0.495 e. The van der Waals surface area contributed by atoms with Gasteiger partial charge in [0, 0.05) is 11.1 Å². The number of aromatic nitrogens is 4. The molecule has 8 heteroatoms. The maximum atomic E-state index is 12.7. The number of carbonyl (C=O) groups excluding carboxylic acids is 1. The van der Waals surface area contributed by atoms with E-state index in [0.717, 1.165) is 27.8 Å². The summed E-state index contributed by atoms with van der Waals surface area (Å²) in [5.41, 5.74) is 3.24. The molecule has 142 valence electrons. The first-order valence-electron chi connectivity index (χ1n) is 8.86. The zero-order valence-electron chi connectivity index (χ0n) is 15.8. The molecular weight excluding hydrogens is 374 g/mol. The van der Waals surface area contributed by atoms with E-state index in [2.05, 4.69) is 27.5 Å². The molecule has 7 nitrogen and oxygen atoms in total. The van der Waals surface area contributed by atoms with Crippen molar-refractivity contribution in [3.63, 3.8) is 0 Å². The fourth-order valence-electron chi connectivity index (χ4n) is 2.86. The van der Waals surface area contributed by atoms with Gasteiger partial charge in [0.15, 0.2) is 5.82 Å². The van der Waals surface area contributed by atoms with Gasteiger partial charge in [-0.15, -0.1) is 10.2 Å². The van der Waals surface area contributed by atoms with Gasteiger partial charge in [0.1, 0.15) is 10.8 Å². The van der Waals surface area contributed by atoms with Crippen LogP contribution in [-0.2, 0) is 6.42 Å². The fourth-order valence-corrected chi connectivity index (χ4v) is 3.74. The molecule has 0 aliphatic rings. The standard InChI is InChI=1S/C20H19N5O2S/c1-4-13-5-7-14(8-6-13)18(26)21-16-11-15(9-10-17(16)27-3)19-24-25-12(2)22-23-20(25)28-19/h5-11H,4H2,1-3H3,(H,21,26). The molecule has 4 aromatic rings. The summed E-state index contributed by atoms with van der Waals surface area (Å²) in [7, 11) is 1.58. The predicted octanol–water partition coefficient (Wildman–Crippen LogP) is 3.98. The average molecular weight is 393 g/mol. The molecule has 2 heterocycles. The molecule has 0 radical (unpaired) electrons. The summed E-state index contributed by atoms with van der Waals surface area (Å²) in [5.74, 6) is 1.13. The quantitative estimate of drug-likeness (QED) is 0.555. The van der Waals surface area contributed by atoms with Crippen LogP contribution in [0, 0.1) is 6.92 Å². The Bertz CT molecular complexity index is 1150. The van der Waals surface area contributed by atoms with Crippen LogP contribution in [0.25, 0.3) is 15.5 Å². The number of nitrogens with one attached hydrogen (secondary N) is 1. The van der Waals surface area contributed by atoms with Gasteiger partial charge in [-0.05, 0) is 49.2 Å². The maximum absolute atomic E-state index is 12.7. The van der Waals surface area contributed by atoms with Crippen molar-refractivity contribution < 1.29 is 9.53 Å². The second-order valence-corrected chi connectivity index (χ2v) is 7.22. The maximum Gasteiger partial charge on any atom is 0.255 e. The van der Waals surface area contributed by atoms with Crippen LogP contribution in [0.2, 0.25) is 0 Å². The van der Waals surface area contributed by atoms with Crippen molar-refractivity contribution in [3.8, 4) is 16.3 Å². The first-order valence-corrected chi connectivity index (χ1v) is 9.68. The fraction of sp³-hybridized carbons (Fsp3) is 0.200. The lowest BCUT2D eigenvalue weighted by Crippen LogP contribution is -2.12. The minimum absolute atomic E-state index is 0.188. The Morgan fingerprint density at radius 1 is 1.18 bits per heavy atom. The van der Waals surface area contributed by atoms with E-state index in [-0.39, 0.29) is 5.91 Å². The predicted molar refractivity (Wildman–Crippen MR) is 109 cm³/mol. The first kappa shape index (κ1) is 18.1. The molecule has 0 fully saturated rings. The van der Waals surface area contributed by atoms with Crippen molar-refractivity contribution in [1.29, 1.82) is 0 Å². The number of benzene rings is 2. The van der Waals surface area contributed by atoms with Crippen LogP contribution in [0.15, 0.2) is 42.5 Å². The second-order valence-electron chi connectivity index (χ2n) is 6.27. The van der Waals surface area contributed by atoms with Gasteiger partial charge in [0.05, 0.1) is 12.8 Å². The van der Waals surface area contributed by atoms with Crippen LogP contribution in [0.1, 0.15) is 28.7 Å². The van der Waals surface area contributed by atoms with E-state index in [0.29, 0.717) is 17.0 Å². The molecule has 2 aromatic heterocycles.